The van der Waals surface area contributed by atoms with Crippen LogP contribution in [-0.2, 0) is 19.0 Å². The van der Waals surface area contributed by atoms with Crippen molar-refractivity contribution in [3.05, 3.63) is 79.9 Å². The van der Waals surface area contributed by atoms with Crippen molar-refractivity contribution in [2.45, 2.75) is 44.1 Å². The van der Waals surface area contributed by atoms with Crippen molar-refractivity contribution in [2.24, 2.45) is 0 Å². The van der Waals surface area contributed by atoms with Gasteiger partial charge in [0.2, 0.25) is 6.29 Å². The van der Waals surface area contributed by atoms with Gasteiger partial charge in [0.25, 0.3) is 11.4 Å². The van der Waals surface area contributed by atoms with Crippen LogP contribution in [0.1, 0.15) is 34.1 Å². The number of ether oxygens (including phenoxy) is 3. The molecule has 0 aromatic heterocycles. The Morgan fingerprint density at radius 1 is 0.895 bits per heavy atom. The molecule has 1 amide bonds. The Bertz CT molecular complexity index is 1230. The number of non-ortho nitro benzene ring substituents is 2. The third kappa shape index (κ3) is 6.78. The summed E-state index contributed by atoms with van der Waals surface area (Å²) >= 11 is 0. The standard InChI is InChI=1S/C22H18F3N3O10/c1-11-18(38-20(30)13-4-8-15(9-5-13)28(34)35)16(26-21(31)22(23,24)25)10-17(36-11)37-19(29)12-2-6-14(7-3-12)27(32)33/h2-9,11,16-18H,10H2,1H3,(H,26,31)/t11-,16+,17+,18-/m0/s1. The summed E-state index contributed by atoms with van der Waals surface area (Å²) in [6, 6.07) is 6.96. The van der Waals surface area contributed by atoms with Crippen LogP contribution in [0.5, 0.6) is 0 Å². The number of carbonyl (C=O) groups excluding carboxylic acids is 3. The van der Waals surface area contributed by atoms with E-state index in [1.807, 2.05) is 0 Å². The van der Waals surface area contributed by atoms with E-state index in [1.54, 1.807) is 5.32 Å². The third-order valence-corrected chi connectivity index (χ3v) is 5.36. The Morgan fingerprint density at radius 2 is 1.34 bits per heavy atom. The molecular formula is C22H18F3N3O10. The van der Waals surface area contributed by atoms with Crippen LogP contribution in [0, 0.1) is 20.2 Å². The maximum atomic E-state index is 12.9. The summed E-state index contributed by atoms with van der Waals surface area (Å²) in [4.78, 5) is 56.8. The van der Waals surface area contributed by atoms with Gasteiger partial charge in [0.05, 0.1) is 33.1 Å². The van der Waals surface area contributed by atoms with E-state index < -0.39 is 64.8 Å². The molecule has 0 radical (unpaired) electrons. The normalized spacial score (nSPS) is 21.2. The zero-order valence-electron chi connectivity index (χ0n) is 19.2. The summed E-state index contributed by atoms with van der Waals surface area (Å²) in [5.74, 6) is -4.42. The lowest BCUT2D eigenvalue weighted by Gasteiger charge is -2.39. The highest BCUT2D eigenvalue weighted by molar-refractivity contribution is 5.90. The number of nitro benzene ring substituents is 2. The van der Waals surface area contributed by atoms with Gasteiger partial charge in [-0.25, -0.2) is 9.59 Å². The van der Waals surface area contributed by atoms with E-state index in [1.165, 1.54) is 6.92 Å². The number of halogens is 3. The number of amides is 1. The van der Waals surface area contributed by atoms with Gasteiger partial charge < -0.3 is 19.5 Å². The number of benzene rings is 2. The van der Waals surface area contributed by atoms with Crippen molar-refractivity contribution in [1.29, 1.82) is 0 Å². The highest BCUT2D eigenvalue weighted by Crippen LogP contribution is 2.27. The van der Waals surface area contributed by atoms with E-state index in [-0.39, 0.29) is 22.5 Å². The molecule has 2 aromatic rings. The molecule has 1 saturated heterocycles. The van der Waals surface area contributed by atoms with E-state index in [4.69, 9.17) is 14.2 Å². The number of rotatable bonds is 7. The molecular weight excluding hydrogens is 523 g/mol. The van der Waals surface area contributed by atoms with Gasteiger partial charge in [-0.15, -0.1) is 0 Å². The maximum absolute atomic E-state index is 12.9. The molecule has 0 aliphatic carbocycles. The number of nitrogens with zero attached hydrogens (tertiary/aromatic N) is 2. The van der Waals surface area contributed by atoms with Crippen molar-refractivity contribution in [3.8, 4) is 0 Å². The molecule has 38 heavy (non-hydrogen) atoms. The van der Waals surface area contributed by atoms with Crippen LogP contribution in [0.15, 0.2) is 48.5 Å². The molecule has 0 bridgehead atoms. The van der Waals surface area contributed by atoms with Gasteiger partial charge in [-0.2, -0.15) is 13.2 Å². The lowest BCUT2D eigenvalue weighted by atomic mass is 9.98. The average molecular weight is 541 g/mol. The number of esters is 2. The summed E-state index contributed by atoms with van der Waals surface area (Å²) in [6.07, 6.45) is -9.99. The fourth-order valence-corrected chi connectivity index (χ4v) is 3.50. The van der Waals surface area contributed by atoms with Gasteiger partial charge in [0.1, 0.15) is 6.10 Å². The molecule has 2 aromatic carbocycles. The van der Waals surface area contributed by atoms with Gasteiger partial charge in [0, 0.05) is 30.7 Å². The Balaban J connectivity index is 1.76. The van der Waals surface area contributed by atoms with Gasteiger partial charge in [-0.3, -0.25) is 25.0 Å². The Kier molecular flexibility index (Phi) is 8.25. The highest BCUT2D eigenvalue weighted by atomic mass is 19.4. The van der Waals surface area contributed by atoms with Crippen molar-refractivity contribution in [2.75, 3.05) is 0 Å². The molecule has 1 fully saturated rings. The molecule has 1 aliphatic heterocycles. The minimum atomic E-state index is -5.28. The first kappa shape index (κ1) is 28.0. The van der Waals surface area contributed by atoms with Crippen molar-refractivity contribution >= 4 is 29.2 Å². The Hall–Kier alpha value is -4.60. The zero-order chi connectivity index (χ0) is 28.2. The van der Waals surface area contributed by atoms with Crippen LogP contribution in [-0.4, -0.2) is 58.4 Å². The minimum absolute atomic E-state index is 0.116. The summed E-state index contributed by atoms with van der Waals surface area (Å²) in [5.41, 5.74) is -0.884. The van der Waals surface area contributed by atoms with Crippen LogP contribution in [0.4, 0.5) is 24.5 Å². The second kappa shape index (κ2) is 11.2. The monoisotopic (exact) mass is 541 g/mol. The van der Waals surface area contributed by atoms with Gasteiger partial charge in [0.15, 0.2) is 0 Å². The predicted molar refractivity (Wildman–Crippen MR) is 118 cm³/mol. The molecule has 16 heteroatoms. The first-order valence-electron chi connectivity index (χ1n) is 10.7. The fourth-order valence-electron chi connectivity index (χ4n) is 3.50. The fraction of sp³-hybridized carbons (Fsp3) is 0.318. The summed E-state index contributed by atoms with van der Waals surface area (Å²) < 4.78 is 54.7. The molecule has 202 valence electrons. The number of alkyl halides is 3. The summed E-state index contributed by atoms with van der Waals surface area (Å²) in [7, 11) is 0. The Morgan fingerprint density at radius 3 is 1.76 bits per heavy atom. The van der Waals surface area contributed by atoms with Gasteiger partial charge >= 0.3 is 24.0 Å². The molecule has 1 aliphatic rings. The third-order valence-electron chi connectivity index (χ3n) is 5.36. The van der Waals surface area contributed by atoms with Crippen LogP contribution < -0.4 is 5.32 Å². The van der Waals surface area contributed by atoms with E-state index in [9.17, 15) is 47.8 Å². The largest absolute Gasteiger partial charge is 0.471 e. The second-order valence-electron chi connectivity index (χ2n) is 7.97. The number of carbonyl (C=O) groups is 3. The summed E-state index contributed by atoms with van der Waals surface area (Å²) in [5, 5.41) is 23.3. The molecule has 3 rings (SSSR count). The average Bonchev–Trinajstić information content (AvgIpc) is 2.85. The Labute approximate surface area is 210 Å². The summed E-state index contributed by atoms with van der Waals surface area (Å²) in [6.45, 7) is 1.30. The number of hydrogen-bond acceptors (Lipinski definition) is 10. The smallest absolute Gasteiger partial charge is 0.454 e. The number of hydrogen-bond donors (Lipinski definition) is 1. The zero-order valence-corrected chi connectivity index (χ0v) is 19.2. The minimum Gasteiger partial charge on any atom is -0.454 e. The molecule has 13 nitrogen and oxygen atoms in total. The van der Waals surface area contributed by atoms with E-state index >= 15 is 0 Å². The predicted octanol–water partition coefficient (Wildman–Crippen LogP) is 3.07. The number of nitro groups is 2. The lowest BCUT2D eigenvalue weighted by Crippen LogP contribution is -2.58. The maximum Gasteiger partial charge on any atom is 0.471 e. The quantitative estimate of drug-likeness (QED) is 0.311. The second-order valence-corrected chi connectivity index (χ2v) is 7.97. The molecule has 0 saturated carbocycles. The molecule has 4 atom stereocenters. The SMILES string of the molecule is C[C@@H]1O[C@H](OC(=O)c2ccc([N+](=O)[O-])cc2)C[C@@H](NC(=O)C(F)(F)F)[C@H]1OC(=O)c1ccc([N+](=O)[O-])cc1. The molecule has 0 unspecified atom stereocenters. The van der Waals surface area contributed by atoms with Crippen molar-refractivity contribution < 1.29 is 51.6 Å². The van der Waals surface area contributed by atoms with E-state index in [0.717, 1.165) is 48.5 Å². The van der Waals surface area contributed by atoms with Crippen LogP contribution >= 0.6 is 0 Å². The molecule has 1 N–H and O–H groups in total. The molecule has 0 spiro atoms. The van der Waals surface area contributed by atoms with Crippen LogP contribution in [0.25, 0.3) is 0 Å². The first-order chi connectivity index (χ1) is 17.8. The van der Waals surface area contributed by atoms with Crippen LogP contribution in [0.2, 0.25) is 0 Å². The van der Waals surface area contributed by atoms with Crippen LogP contribution in [0.3, 0.4) is 0 Å². The first-order valence-corrected chi connectivity index (χ1v) is 10.7. The van der Waals surface area contributed by atoms with Crippen molar-refractivity contribution in [3.63, 3.8) is 0 Å². The highest BCUT2D eigenvalue weighted by Gasteiger charge is 2.46. The van der Waals surface area contributed by atoms with E-state index in [2.05, 4.69) is 0 Å². The van der Waals surface area contributed by atoms with Gasteiger partial charge in [-0.1, -0.05) is 0 Å². The number of nitrogens with one attached hydrogen (secondary N) is 1. The lowest BCUT2D eigenvalue weighted by molar-refractivity contribution is -0.385. The van der Waals surface area contributed by atoms with E-state index in [0.29, 0.717) is 0 Å². The van der Waals surface area contributed by atoms with Gasteiger partial charge in [-0.05, 0) is 31.2 Å². The van der Waals surface area contributed by atoms with Crippen molar-refractivity contribution in [1.82, 2.24) is 5.32 Å². The molecule has 1 heterocycles. The topological polar surface area (TPSA) is 177 Å².